The zero-order valence-electron chi connectivity index (χ0n) is 18.9. The van der Waals surface area contributed by atoms with Gasteiger partial charge in [-0.25, -0.2) is 4.79 Å². The van der Waals surface area contributed by atoms with Crippen molar-refractivity contribution in [1.82, 2.24) is 10.4 Å². The van der Waals surface area contributed by atoms with Crippen LogP contribution in [0.4, 0.5) is 0 Å². The van der Waals surface area contributed by atoms with E-state index in [0.717, 1.165) is 12.8 Å². The Kier molecular flexibility index (Phi) is 10.5. The van der Waals surface area contributed by atoms with E-state index in [0.29, 0.717) is 19.4 Å². The first-order chi connectivity index (χ1) is 16.0. The van der Waals surface area contributed by atoms with Gasteiger partial charge in [0.2, 0.25) is 5.91 Å². The third-order valence-corrected chi connectivity index (χ3v) is 6.74. The molecule has 0 spiro atoms. The molecule has 0 aromatic carbocycles. The molecule has 1 saturated heterocycles. The molecule has 1 unspecified atom stereocenters. The standard InChI is InChI=1S/C20H30N2O11S/c1-13(23)14-2-4-15(5-3-14)19(26)21-7-9-32-11-10-31-8-6-18(25)33-22-17(24)12-16(20(22)27)34(28,29)30/h14-16H,2-12H2,1H3,(H,21,26)(H,28,29,30). The number of carbonyl (C=O) groups excluding carboxylic acids is 5. The van der Waals surface area contributed by atoms with Crippen LogP contribution in [0.3, 0.4) is 0 Å². The highest BCUT2D eigenvalue weighted by molar-refractivity contribution is 7.87. The second kappa shape index (κ2) is 12.9. The summed E-state index contributed by atoms with van der Waals surface area (Å²) in [6.45, 7) is 2.44. The fourth-order valence-corrected chi connectivity index (χ4v) is 4.39. The largest absolute Gasteiger partial charge is 0.378 e. The molecular weight excluding hydrogens is 476 g/mol. The van der Waals surface area contributed by atoms with Crippen LogP contribution in [0, 0.1) is 11.8 Å². The van der Waals surface area contributed by atoms with Crippen molar-refractivity contribution >= 4 is 39.6 Å². The number of nitrogens with one attached hydrogen (secondary N) is 1. The normalized spacial score (nSPS) is 23.1. The molecule has 1 saturated carbocycles. The van der Waals surface area contributed by atoms with Crippen molar-refractivity contribution in [3.63, 3.8) is 0 Å². The van der Waals surface area contributed by atoms with Crippen molar-refractivity contribution in [2.24, 2.45) is 11.8 Å². The third kappa shape index (κ3) is 8.42. The SMILES string of the molecule is CC(=O)C1CCC(C(=O)NCCOCCOCCC(=O)ON2C(=O)CC(S(=O)(=O)O)C2=O)CC1. The first-order valence-electron chi connectivity index (χ1n) is 11.0. The van der Waals surface area contributed by atoms with Crippen molar-refractivity contribution in [3.05, 3.63) is 0 Å². The van der Waals surface area contributed by atoms with Gasteiger partial charge in [0, 0.05) is 18.4 Å². The van der Waals surface area contributed by atoms with E-state index in [9.17, 15) is 32.4 Å². The molecule has 2 rings (SSSR count). The number of imide groups is 1. The maximum atomic E-state index is 12.1. The molecule has 2 fully saturated rings. The molecule has 14 heteroatoms. The molecule has 0 aromatic heterocycles. The summed E-state index contributed by atoms with van der Waals surface area (Å²) in [5, 5.41) is 0.859. The predicted molar refractivity (Wildman–Crippen MR) is 113 cm³/mol. The van der Waals surface area contributed by atoms with Gasteiger partial charge in [-0.1, -0.05) is 0 Å². The van der Waals surface area contributed by atoms with E-state index in [-0.39, 0.29) is 61.4 Å². The summed E-state index contributed by atoms with van der Waals surface area (Å²) in [4.78, 5) is 63.2. The highest BCUT2D eigenvalue weighted by Crippen LogP contribution is 2.29. The summed E-state index contributed by atoms with van der Waals surface area (Å²) < 4.78 is 41.5. The molecule has 3 amide bonds. The Bertz CT molecular complexity index is 881. The van der Waals surface area contributed by atoms with Gasteiger partial charge in [-0.15, -0.1) is 5.06 Å². The van der Waals surface area contributed by atoms with Gasteiger partial charge >= 0.3 is 5.97 Å². The average molecular weight is 507 g/mol. The Labute approximate surface area is 197 Å². The number of hydroxylamine groups is 2. The van der Waals surface area contributed by atoms with Crippen molar-refractivity contribution in [3.8, 4) is 0 Å². The van der Waals surface area contributed by atoms with Crippen molar-refractivity contribution in [1.29, 1.82) is 0 Å². The minimum absolute atomic E-state index is 0.0349. The number of Topliss-reactive ketones (excluding diaryl/α,β-unsaturated/α-hetero) is 1. The van der Waals surface area contributed by atoms with Crippen LogP contribution in [-0.2, 0) is 48.4 Å². The minimum Gasteiger partial charge on any atom is -0.378 e. The van der Waals surface area contributed by atoms with Gasteiger partial charge in [-0.3, -0.25) is 23.7 Å². The zero-order chi connectivity index (χ0) is 25.3. The van der Waals surface area contributed by atoms with Crippen LogP contribution in [0.25, 0.3) is 0 Å². The summed E-state index contributed by atoms with van der Waals surface area (Å²) >= 11 is 0. The van der Waals surface area contributed by atoms with E-state index in [1.54, 1.807) is 6.92 Å². The van der Waals surface area contributed by atoms with E-state index in [1.165, 1.54) is 0 Å². The minimum atomic E-state index is -4.78. The fourth-order valence-electron chi connectivity index (χ4n) is 3.69. The number of nitrogens with zero attached hydrogens (tertiary/aromatic N) is 1. The van der Waals surface area contributed by atoms with Crippen molar-refractivity contribution in [2.45, 2.75) is 50.7 Å². The second-order valence-electron chi connectivity index (χ2n) is 8.12. The van der Waals surface area contributed by atoms with Crippen LogP contribution in [0.1, 0.15) is 45.4 Å². The second-order valence-corrected chi connectivity index (χ2v) is 9.72. The molecule has 2 N–H and O–H groups in total. The average Bonchev–Trinajstić information content (AvgIpc) is 3.06. The van der Waals surface area contributed by atoms with E-state index in [4.69, 9.17) is 14.0 Å². The van der Waals surface area contributed by atoms with Crippen LogP contribution >= 0.6 is 0 Å². The molecule has 34 heavy (non-hydrogen) atoms. The molecule has 13 nitrogen and oxygen atoms in total. The topological polar surface area (TPSA) is 183 Å². The number of rotatable bonds is 13. The maximum Gasteiger partial charge on any atom is 0.335 e. The lowest BCUT2D eigenvalue weighted by molar-refractivity contribution is -0.198. The van der Waals surface area contributed by atoms with Crippen LogP contribution in [0.5, 0.6) is 0 Å². The first kappa shape index (κ1) is 27.8. The fraction of sp³-hybridized carbons (Fsp3) is 0.750. The number of hydrogen-bond acceptors (Lipinski definition) is 10. The molecular formula is C20H30N2O11S. The quantitative estimate of drug-likeness (QED) is 0.185. The molecule has 0 bridgehead atoms. The smallest absolute Gasteiger partial charge is 0.335 e. The maximum absolute atomic E-state index is 12.1. The number of hydrogen-bond donors (Lipinski definition) is 2. The molecule has 1 heterocycles. The van der Waals surface area contributed by atoms with E-state index in [1.807, 2.05) is 0 Å². The predicted octanol–water partition coefficient (Wildman–Crippen LogP) is -0.605. The Hall–Kier alpha value is -2.42. The molecule has 2 aliphatic rings. The van der Waals surface area contributed by atoms with Gasteiger partial charge in [0.15, 0.2) is 5.25 Å². The Morgan fingerprint density at radius 3 is 2.15 bits per heavy atom. The summed E-state index contributed by atoms with van der Waals surface area (Å²) in [5.74, 6) is -3.24. The lowest BCUT2D eigenvalue weighted by Gasteiger charge is -2.26. The highest BCUT2D eigenvalue weighted by Gasteiger charge is 2.48. The number of carbonyl (C=O) groups is 5. The van der Waals surface area contributed by atoms with Crippen molar-refractivity contribution < 1.29 is 51.3 Å². The van der Waals surface area contributed by atoms with Gasteiger partial charge in [0.05, 0.1) is 39.3 Å². The van der Waals surface area contributed by atoms with Gasteiger partial charge in [-0.05, 0) is 32.6 Å². The number of ketones is 1. The van der Waals surface area contributed by atoms with Gasteiger partial charge < -0.3 is 19.6 Å². The lowest BCUT2D eigenvalue weighted by atomic mass is 9.80. The van der Waals surface area contributed by atoms with Crippen LogP contribution < -0.4 is 5.32 Å². The Balaban J connectivity index is 1.49. The summed E-state index contributed by atoms with van der Waals surface area (Å²) in [5.41, 5.74) is 0. The highest BCUT2D eigenvalue weighted by atomic mass is 32.2. The van der Waals surface area contributed by atoms with E-state index < -0.39 is 39.6 Å². The van der Waals surface area contributed by atoms with Gasteiger partial charge in [-0.2, -0.15) is 8.42 Å². The zero-order valence-corrected chi connectivity index (χ0v) is 19.7. The molecule has 192 valence electrons. The summed E-state index contributed by atoms with van der Waals surface area (Å²) in [6, 6.07) is 0. The third-order valence-electron chi connectivity index (χ3n) is 5.66. The molecule has 0 radical (unpaired) electrons. The molecule has 1 aliphatic carbocycles. The van der Waals surface area contributed by atoms with Gasteiger partial charge in [0.1, 0.15) is 5.78 Å². The van der Waals surface area contributed by atoms with E-state index >= 15 is 0 Å². The Morgan fingerprint density at radius 1 is 1.00 bits per heavy atom. The van der Waals surface area contributed by atoms with E-state index in [2.05, 4.69) is 10.2 Å². The number of amides is 3. The van der Waals surface area contributed by atoms with Crippen LogP contribution in [-0.4, -0.2) is 85.7 Å². The lowest BCUT2D eigenvalue weighted by Crippen LogP contribution is -2.36. The first-order valence-corrected chi connectivity index (χ1v) is 12.5. The molecule has 1 atom stereocenters. The molecule has 0 aromatic rings. The summed E-state index contributed by atoms with van der Waals surface area (Å²) in [6.07, 6.45) is 1.77. The molecule has 1 aliphatic heterocycles. The van der Waals surface area contributed by atoms with Crippen molar-refractivity contribution in [2.75, 3.05) is 33.0 Å². The Morgan fingerprint density at radius 2 is 1.59 bits per heavy atom. The summed E-state index contributed by atoms with van der Waals surface area (Å²) in [7, 11) is -4.78. The van der Waals surface area contributed by atoms with Gasteiger partial charge in [0.25, 0.3) is 21.9 Å². The van der Waals surface area contributed by atoms with Crippen LogP contribution in [0.15, 0.2) is 0 Å². The monoisotopic (exact) mass is 506 g/mol. The van der Waals surface area contributed by atoms with Crippen LogP contribution in [0.2, 0.25) is 0 Å². The number of ether oxygens (including phenoxy) is 2.